The standard InChI is InChI=1S/C28H28N2O3/c31-27(18-7-5-13-30(17-18)28(32)25-12-6-14-33-25)29-16-19-15-24-20-8-1-3-10-22(20)26(19)23-11-4-2-9-21(23)24/h1-4,6,8-12,14,18-19,24,26H,5,7,13,15-17H2,(H,29,31)/t18-,19+,24?,26?/m0/s1. The SMILES string of the molecule is O=C(NC[C@H]1CC2c3ccccc3C1c1ccccc12)[C@H]1CCCN(C(=O)c2ccco2)C1. The first kappa shape index (κ1) is 20.3. The summed E-state index contributed by atoms with van der Waals surface area (Å²) < 4.78 is 5.26. The van der Waals surface area contributed by atoms with E-state index in [1.807, 2.05) is 0 Å². The van der Waals surface area contributed by atoms with E-state index >= 15 is 0 Å². The van der Waals surface area contributed by atoms with Crippen LogP contribution in [-0.4, -0.2) is 36.3 Å². The molecule has 3 aromatic rings. The van der Waals surface area contributed by atoms with Gasteiger partial charge in [-0.2, -0.15) is 0 Å². The number of nitrogens with one attached hydrogen (secondary N) is 1. The lowest BCUT2D eigenvalue weighted by Gasteiger charge is -2.45. The fourth-order valence-corrected chi connectivity index (χ4v) is 6.27. The lowest BCUT2D eigenvalue weighted by Crippen LogP contribution is -2.47. The van der Waals surface area contributed by atoms with Gasteiger partial charge in [-0.3, -0.25) is 9.59 Å². The van der Waals surface area contributed by atoms with Crippen molar-refractivity contribution in [1.82, 2.24) is 10.2 Å². The smallest absolute Gasteiger partial charge is 0.289 e. The van der Waals surface area contributed by atoms with Crippen LogP contribution in [0.25, 0.3) is 0 Å². The molecule has 33 heavy (non-hydrogen) atoms. The highest BCUT2D eigenvalue weighted by molar-refractivity contribution is 5.92. The number of benzene rings is 2. The van der Waals surface area contributed by atoms with Gasteiger partial charge in [0.2, 0.25) is 5.91 Å². The van der Waals surface area contributed by atoms with Gasteiger partial charge in [-0.05, 0) is 59.6 Å². The first-order chi connectivity index (χ1) is 16.2. The molecule has 2 aromatic carbocycles. The molecule has 1 fully saturated rings. The Hall–Kier alpha value is -3.34. The molecule has 0 spiro atoms. The Morgan fingerprint density at radius 3 is 2.30 bits per heavy atom. The Kier molecular flexibility index (Phi) is 5.05. The Balaban J connectivity index is 1.15. The summed E-state index contributed by atoms with van der Waals surface area (Å²) in [6, 6.07) is 21.0. The number of fused-ring (bicyclic) bond motifs is 1. The molecule has 1 aliphatic heterocycles. The fourth-order valence-electron chi connectivity index (χ4n) is 6.27. The molecular formula is C28H28N2O3. The second kappa shape index (κ2) is 8.22. The molecule has 3 aliphatic carbocycles. The van der Waals surface area contributed by atoms with E-state index in [1.165, 1.54) is 28.5 Å². The lowest BCUT2D eigenvalue weighted by atomic mass is 9.59. The van der Waals surface area contributed by atoms with E-state index in [9.17, 15) is 9.59 Å². The molecule has 2 bridgehead atoms. The van der Waals surface area contributed by atoms with Gasteiger partial charge >= 0.3 is 0 Å². The Bertz CT molecular complexity index is 1140. The summed E-state index contributed by atoms with van der Waals surface area (Å²) in [6.07, 6.45) is 4.22. The van der Waals surface area contributed by atoms with Crippen molar-refractivity contribution in [3.63, 3.8) is 0 Å². The molecule has 0 saturated carbocycles. The van der Waals surface area contributed by atoms with Gasteiger partial charge in [-0.1, -0.05) is 48.5 Å². The number of furan rings is 1. The van der Waals surface area contributed by atoms with E-state index in [0.717, 1.165) is 19.3 Å². The summed E-state index contributed by atoms with van der Waals surface area (Å²) in [5, 5.41) is 3.26. The molecule has 5 heteroatoms. The van der Waals surface area contributed by atoms with E-state index in [4.69, 9.17) is 4.42 Å². The number of carbonyl (C=O) groups is 2. The summed E-state index contributed by atoms with van der Waals surface area (Å²) in [6.45, 7) is 1.79. The van der Waals surface area contributed by atoms with E-state index < -0.39 is 0 Å². The molecule has 1 saturated heterocycles. The molecule has 0 unspecified atom stereocenters. The van der Waals surface area contributed by atoms with E-state index in [-0.39, 0.29) is 17.7 Å². The van der Waals surface area contributed by atoms with Crippen LogP contribution in [0.1, 0.15) is 63.9 Å². The molecule has 168 valence electrons. The van der Waals surface area contributed by atoms with Gasteiger partial charge in [0.15, 0.2) is 5.76 Å². The number of amides is 2. The van der Waals surface area contributed by atoms with Gasteiger partial charge in [0.25, 0.3) is 5.91 Å². The summed E-state index contributed by atoms with van der Waals surface area (Å²) in [4.78, 5) is 27.5. The van der Waals surface area contributed by atoms with Crippen molar-refractivity contribution in [2.45, 2.75) is 31.1 Å². The fraction of sp³-hybridized carbons (Fsp3) is 0.357. The molecule has 1 N–H and O–H groups in total. The second-order valence-electron chi connectivity index (χ2n) is 9.60. The molecule has 5 nitrogen and oxygen atoms in total. The van der Waals surface area contributed by atoms with Gasteiger partial charge in [0, 0.05) is 31.5 Å². The summed E-state index contributed by atoms with van der Waals surface area (Å²) in [7, 11) is 0. The molecule has 2 atom stereocenters. The first-order valence-corrected chi connectivity index (χ1v) is 12.0. The zero-order chi connectivity index (χ0) is 22.4. The van der Waals surface area contributed by atoms with E-state index in [2.05, 4.69) is 53.8 Å². The average Bonchev–Trinajstić information content (AvgIpc) is 3.42. The van der Waals surface area contributed by atoms with Crippen molar-refractivity contribution in [1.29, 1.82) is 0 Å². The van der Waals surface area contributed by atoms with Crippen molar-refractivity contribution < 1.29 is 14.0 Å². The molecule has 2 heterocycles. The highest BCUT2D eigenvalue weighted by Gasteiger charge is 2.43. The molecule has 7 rings (SSSR count). The quantitative estimate of drug-likeness (QED) is 0.648. The topological polar surface area (TPSA) is 62.6 Å². The van der Waals surface area contributed by atoms with Crippen LogP contribution in [0.5, 0.6) is 0 Å². The van der Waals surface area contributed by atoms with Crippen LogP contribution in [0.4, 0.5) is 0 Å². The van der Waals surface area contributed by atoms with E-state index in [1.54, 1.807) is 17.0 Å². The number of rotatable bonds is 4. The van der Waals surface area contributed by atoms with Crippen LogP contribution in [0, 0.1) is 11.8 Å². The van der Waals surface area contributed by atoms with Gasteiger partial charge < -0.3 is 14.6 Å². The van der Waals surface area contributed by atoms with Crippen LogP contribution in [-0.2, 0) is 4.79 Å². The van der Waals surface area contributed by atoms with Crippen molar-refractivity contribution in [3.05, 3.63) is 94.9 Å². The Morgan fingerprint density at radius 2 is 1.64 bits per heavy atom. The zero-order valence-electron chi connectivity index (χ0n) is 18.6. The molecule has 1 aromatic heterocycles. The maximum atomic E-state index is 13.1. The van der Waals surface area contributed by atoms with Crippen molar-refractivity contribution in [2.75, 3.05) is 19.6 Å². The van der Waals surface area contributed by atoms with Crippen molar-refractivity contribution >= 4 is 11.8 Å². The number of hydrogen-bond acceptors (Lipinski definition) is 3. The third-order valence-corrected chi connectivity index (χ3v) is 7.77. The third-order valence-electron chi connectivity index (χ3n) is 7.77. The van der Waals surface area contributed by atoms with Gasteiger partial charge in [-0.25, -0.2) is 0 Å². The minimum atomic E-state index is -0.169. The minimum absolute atomic E-state index is 0.0648. The molecule has 0 radical (unpaired) electrons. The largest absolute Gasteiger partial charge is 0.459 e. The van der Waals surface area contributed by atoms with Crippen molar-refractivity contribution in [2.24, 2.45) is 11.8 Å². The minimum Gasteiger partial charge on any atom is -0.459 e. The highest BCUT2D eigenvalue weighted by Crippen LogP contribution is 2.55. The lowest BCUT2D eigenvalue weighted by molar-refractivity contribution is -0.126. The highest BCUT2D eigenvalue weighted by atomic mass is 16.3. The third kappa shape index (κ3) is 3.47. The van der Waals surface area contributed by atoms with Crippen LogP contribution in [0.3, 0.4) is 0 Å². The second-order valence-corrected chi connectivity index (χ2v) is 9.60. The average molecular weight is 441 g/mol. The maximum absolute atomic E-state index is 13.1. The number of nitrogens with zero attached hydrogens (tertiary/aromatic N) is 1. The Labute approximate surface area is 193 Å². The Morgan fingerprint density at radius 1 is 0.939 bits per heavy atom. The number of hydrogen-bond donors (Lipinski definition) is 1. The predicted molar refractivity (Wildman–Crippen MR) is 125 cm³/mol. The van der Waals surface area contributed by atoms with E-state index in [0.29, 0.717) is 43.1 Å². The summed E-state index contributed by atoms with van der Waals surface area (Å²) >= 11 is 0. The van der Waals surface area contributed by atoms with Gasteiger partial charge in [0.05, 0.1) is 12.2 Å². The van der Waals surface area contributed by atoms with Crippen LogP contribution in [0.15, 0.2) is 71.3 Å². The van der Waals surface area contributed by atoms with Gasteiger partial charge in [0.1, 0.15) is 0 Å². The van der Waals surface area contributed by atoms with Crippen LogP contribution >= 0.6 is 0 Å². The number of carbonyl (C=O) groups excluding carboxylic acids is 2. The predicted octanol–water partition coefficient (Wildman–Crippen LogP) is 4.55. The monoisotopic (exact) mass is 440 g/mol. The summed E-state index contributed by atoms with van der Waals surface area (Å²) in [5.41, 5.74) is 5.73. The molecular weight excluding hydrogens is 412 g/mol. The maximum Gasteiger partial charge on any atom is 0.289 e. The molecule has 4 aliphatic rings. The van der Waals surface area contributed by atoms with Crippen LogP contribution in [0.2, 0.25) is 0 Å². The van der Waals surface area contributed by atoms with Gasteiger partial charge in [-0.15, -0.1) is 0 Å². The zero-order valence-corrected chi connectivity index (χ0v) is 18.6. The number of piperidine rings is 1. The van der Waals surface area contributed by atoms with Crippen LogP contribution < -0.4 is 5.32 Å². The normalized spacial score (nSPS) is 25.3. The number of likely N-dealkylation sites (tertiary alicyclic amines) is 1. The first-order valence-electron chi connectivity index (χ1n) is 12.0. The molecule has 2 amide bonds. The van der Waals surface area contributed by atoms with Crippen molar-refractivity contribution in [3.8, 4) is 0 Å². The summed E-state index contributed by atoms with van der Waals surface area (Å²) in [5.74, 6) is 1.22.